The number of hydrogen-bond acceptors (Lipinski definition) is 0. The summed E-state index contributed by atoms with van der Waals surface area (Å²) in [5.74, 6) is 1.75. The fourth-order valence-electron chi connectivity index (χ4n) is 6.32. The zero-order chi connectivity index (χ0) is 28.7. The van der Waals surface area contributed by atoms with Gasteiger partial charge < -0.3 is 49.6 Å². The van der Waals surface area contributed by atoms with Crippen molar-refractivity contribution in [1.82, 2.24) is 0 Å². The second kappa shape index (κ2) is 28.9. The molecule has 248 valence electrons. The Kier molecular flexibility index (Phi) is 29.8. The van der Waals surface area contributed by atoms with Gasteiger partial charge in [0.25, 0.3) is 0 Å². The van der Waals surface area contributed by atoms with Crippen LogP contribution in [0, 0.1) is 36.1 Å². The molecule has 0 aromatic heterocycles. The fourth-order valence-corrected chi connectivity index (χ4v) is 6.32. The minimum absolute atomic E-state index is 0. The van der Waals surface area contributed by atoms with Crippen LogP contribution >= 0.6 is 0 Å². The summed E-state index contributed by atoms with van der Waals surface area (Å²) < 4.78 is 0. The standard InChI is InChI=1S/2C11H9.2C10H13.4ClH.2Zr/c2*1-2-6-10(7-3-1)11-8-4-5-9-11;2*1-2-6-9(5-1)10-7-3-4-8-10;;;;;;/h2*1-4,6-8H,5H2;2*1,5,10H,2-4,7-8H2;4*1H;;/q4*-1;;;;;2*+4/p-4. The molecule has 0 nitrogen and oxygen atoms in total. The maximum absolute atomic E-state index is 3.40. The normalized spacial score (nSPS) is 17.7. The van der Waals surface area contributed by atoms with Crippen molar-refractivity contribution >= 4 is 11.1 Å². The summed E-state index contributed by atoms with van der Waals surface area (Å²) in [4.78, 5) is 0. The Balaban J connectivity index is 0. The molecule has 6 aliphatic rings. The molecule has 2 fully saturated rings. The second-order valence-electron chi connectivity index (χ2n) is 11.6. The van der Waals surface area contributed by atoms with Gasteiger partial charge in [-0.1, -0.05) is 74.9 Å². The molecule has 6 heteroatoms. The Morgan fingerprint density at radius 3 is 0.979 bits per heavy atom. The van der Waals surface area contributed by atoms with Crippen LogP contribution in [-0.2, 0) is 52.4 Å². The van der Waals surface area contributed by atoms with E-state index in [1.54, 1.807) is 0 Å². The van der Waals surface area contributed by atoms with E-state index in [4.69, 9.17) is 0 Å². The Morgan fingerprint density at radius 2 is 0.708 bits per heavy atom. The molecule has 8 rings (SSSR count). The van der Waals surface area contributed by atoms with Crippen LogP contribution in [0.15, 0.2) is 120 Å². The van der Waals surface area contributed by atoms with Crippen LogP contribution in [0.25, 0.3) is 11.1 Å². The summed E-state index contributed by atoms with van der Waals surface area (Å²) in [6.45, 7) is 0. The van der Waals surface area contributed by atoms with Crippen molar-refractivity contribution in [1.29, 1.82) is 0 Å². The van der Waals surface area contributed by atoms with E-state index in [-0.39, 0.29) is 102 Å². The maximum atomic E-state index is 3.40. The third-order valence-corrected chi connectivity index (χ3v) is 8.59. The van der Waals surface area contributed by atoms with E-state index in [1.807, 2.05) is 12.1 Å². The average molecular weight is 873 g/mol. The van der Waals surface area contributed by atoms with Crippen molar-refractivity contribution in [2.45, 2.75) is 77.0 Å². The van der Waals surface area contributed by atoms with Crippen molar-refractivity contribution in [2.24, 2.45) is 11.8 Å². The molecule has 0 unspecified atom stereocenters. The zero-order valence-corrected chi connectivity index (χ0v) is 35.5. The first kappa shape index (κ1) is 49.4. The van der Waals surface area contributed by atoms with Crippen LogP contribution in [0.1, 0.15) is 88.2 Å². The second-order valence-corrected chi connectivity index (χ2v) is 11.6. The first-order chi connectivity index (χ1) is 20.9. The van der Waals surface area contributed by atoms with Gasteiger partial charge >= 0.3 is 52.4 Å². The number of rotatable bonds is 4. The molecule has 0 bridgehead atoms. The van der Waals surface area contributed by atoms with Crippen LogP contribution < -0.4 is 49.6 Å². The molecule has 0 amide bonds. The van der Waals surface area contributed by atoms with Gasteiger partial charge in [0.1, 0.15) is 0 Å². The third-order valence-electron chi connectivity index (χ3n) is 8.59. The van der Waals surface area contributed by atoms with Gasteiger partial charge in [-0.25, -0.2) is 23.3 Å². The predicted molar refractivity (Wildman–Crippen MR) is 179 cm³/mol. The molecule has 0 atom stereocenters. The number of halogens is 4. The molecular formula is C42H44Cl4Zr2. The fraction of sp³-hybridized carbons (Fsp3) is 0.333. The summed E-state index contributed by atoms with van der Waals surface area (Å²) >= 11 is 0. The van der Waals surface area contributed by atoms with E-state index in [1.165, 1.54) is 84.8 Å². The summed E-state index contributed by atoms with van der Waals surface area (Å²) in [5, 5.41) is 0. The summed E-state index contributed by atoms with van der Waals surface area (Å²) in [7, 11) is 0. The SMILES string of the molecule is [C-]1=C(C2CCCC2)C=CC1.[C-]1=C(C2CCCC2)C=CC1.[C-]1=C(c2ccccc2)C=CC1.[C-]1=C(c2ccccc2)C=CC1.[Cl-].[Cl-].[Cl-].[Cl-].[Zr+4].[Zr+4]. The molecule has 0 N–H and O–H groups in total. The van der Waals surface area contributed by atoms with Gasteiger partial charge in [0.15, 0.2) is 0 Å². The van der Waals surface area contributed by atoms with Crippen LogP contribution in [0.2, 0.25) is 0 Å². The maximum Gasteiger partial charge on any atom is 4.00 e. The number of benzene rings is 2. The van der Waals surface area contributed by atoms with Crippen molar-refractivity contribution in [3.05, 3.63) is 156 Å². The van der Waals surface area contributed by atoms with E-state index < -0.39 is 0 Å². The van der Waals surface area contributed by atoms with Gasteiger partial charge in [-0.2, -0.15) is 47.6 Å². The van der Waals surface area contributed by atoms with Crippen LogP contribution in [0.4, 0.5) is 0 Å². The minimum atomic E-state index is 0. The molecule has 48 heavy (non-hydrogen) atoms. The van der Waals surface area contributed by atoms with E-state index in [0.29, 0.717) is 0 Å². The van der Waals surface area contributed by atoms with Gasteiger partial charge in [0, 0.05) is 0 Å². The van der Waals surface area contributed by atoms with E-state index in [9.17, 15) is 0 Å². The first-order valence-electron chi connectivity index (χ1n) is 16.1. The molecule has 0 saturated heterocycles. The predicted octanol–water partition coefficient (Wildman–Crippen LogP) is -0.591. The molecule has 2 aromatic carbocycles. The summed E-state index contributed by atoms with van der Waals surface area (Å²) in [6.07, 6.45) is 46.2. The molecule has 6 aliphatic carbocycles. The topological polar surface area (TPSA) is 0 Å². The number of hydrogen-bond donors (Lipinski definition) is 0. The van der Waals surface area contributed by atoms with Gasteiger partial charge in [0.05, 0.1) is 0 Å². The van der Waals surface area contributed by atoms with Crippen LogP contribution in [0.3, 0.4) is 0 Å². The van der Waals surface area contributed by atoms with Crippen molar-refractivity contribution in [3.8, 4) is 0 Å². The van der Waals surface area contributed by atoms with E-state index in [2.05, 4.69) is 121 Å². The Bertz CT molecular complexity index is 1270. The summed E-state index contributed by atoms with van der Waals surface area (Å²) in [5.41, 5.74) is 7.98. The molecule has 2 saturated carbocycles. The van der Waals surface area contributed by atoms with Crippen molar-refractivity contribution < 1.29 is 102 Å². The average Bonchev–Trinajstić information content (AvgIpc) is 3.92. The van der Waals surface area contributed by atoms with Crippen LogP contribution in [0.5, 0.6) is 0 Å². The van der Waals surface area contributed by atoms with Gasteiger partial charge in [-0.3, -0.25) is 12.2 Å². The molecule has 0 heterocycles. The van der Waals surface area contributed by atoms with Gasteiger partial charge in [-0.05, 0) is 37.5 Å². The van der Waals surface area contributed by atoms with Gasteiger partial charge in [0.2, 0.25) is 0 Å². The minimum Gasteiger partial charge on any atom is -1.00 e. The molecule has 0 spiro atoms. The number of allylic oxidation sites excluding steroid dienone is 16. The van der Waals surface area contributed by atoms with E-state index in [0.717, 1.165) is 37.5 Å². The Morgan fingerprint density at radius 1 is 0.396 bits per heavy atom. The quantitative estimate of drug-likeness (QED) is 0.361. The molecule has 0 aliphatic heterocycles. The first-order valence-corrected chi connectivity index (χ1v) is 16.1. The largest absolute Gasteiger partial charge is 4.00 e. The van der Waals surface area contributed by atoms with Gasteiger partial charge in [-0.15, -0.1) is 60.4 Å². The van der Waals surface area contributed by atoms with Crippen molar-refractivity contribution in [3.63, 3.8) is 0 Å². The zero-order valence-electron chi connectivity index (χ0n) is 27.5. The van der Waals surface area contributed by atoms with Crippen LogP contribution in [-0.4, -0.2) is 0 Å². The monoisotopic (exact) mass is 868 g/mol. The smallest absolute Gasteiger partial charge is 1.00 e. The third kappa shape index (κ3) is 16.5. The summed E-state index contributed by atoms with van der Waals surface area (Å²) in [6, 6.07) is 20.7. The molecule has 0 radical (unpaired) electrons. The van der Waals surface area contributed by atoms with Crippen molar-refractivity contribution in [2.75, 3.05) is 0 Å². The van der Waals surface area contributed by atoms with E-state index >= 15 is 0 Å². The Hall–Kier alpha value is -0.714. The molecule has 2 aromatic rings. The Labute approximate surface area is 354 Å². The molecular weight excluding hydrogens is 829 g/mol.